The maximum Gasteiger partial charge on any atom is 0.155 e. The van der Waals surface area contributed by atoms with Crippen molar-refractivity contribution >= 4 is 11.5 Å². The number of ether oxygens (including phenoxy) is 1. The smallest absolute Gasteiger partial charge is 0.155 e. The number of hydrogen-bond donors (Lipinski definition) is 0. The van der Waals surface area contributed by atoms with E-state index >= 15 is 0 Å². The first kappa shape index (κ1) is 12.9. The molecule has 0 heterocycles. The lowest BCUT2D eigenvalue weighted by Crippen LogP contribution is -2.29. The van der Waals surface area contributed by atoms with Gasteiger partial charge in [-0.25, -0.2) is 0 Å². The first-order valence-electron chi connectivity index (χ1n) is 6.59. The zero-order valence-corrected chi connectivity index (χ0v) is 11.2. The van der Waals surface area contributed by atoms with Crippen LogP contribution in [-0.4, -0.2) is 26.5 Å². The van der Waals surface area contributed by atoms with Gasteiger partial charge in [-0.2, -0.15) is 0 Å². The largest absolute Gasteiger partial charge is 0.495 e. The molecule has 0 radical (unpaired) electrons. The van der Waals surface area contributed by atoms with Crippen LogP contribution in [0.4, 0.5) is 5.69 Å². The zero-order valence-electron chi connectivity index (χ0n) is 11.2. The van der Waals surface area contributed by atoms with Gasteiger partial charge < -0.3 is 9.64 Å². The average Bonchev–Trinajstić information content (AvgIpc) is 2.92. The van der Waals surface area contributed by atoms with E-state index in [1.807, 2.05) is 36.2 Å². The van der Waals surface area contributed by atoms with Crippen molar-refractivity contribution in [1.82, 2.24) is 0 Å². The van der Waals surface area contributed by atoms with Crippen molar-refractivity contribution < 1.29 is 9.53 Å². The number of rotatable bonds is 5. The van der Waals surface area contributed by atoms with Gasteiger partial charge >= 0.3 is 0 Å². The maximum atomic E-state index is 12.1. The zero-order chi connectivity index (χ0) is 13.0. The molecule has 1 aromatic rings. The Kier molecular flexibility index (Phi) is 4.24. The summed E-state index contributed by atoms with van der Waals surface area (Å²) in [6, 6.07) is 7.82. The van der Waals surface area contributed by atoms with Gasteiger partial charge in [0.25, 0.3) is 0 Å². The Morgan fingerprint density at radius 3 is 2.67 bits per heavy atom. The minimum Gasteiger partial charge on any atom is -0.495 e. The fraction of sp³-hybridized carbons (Fsp3) is 0.533. The van der Waals surface area contributed by atoms with Crippen molar-refractivity contribution in [3.8, 4) is 5.75 Å². The van der Waals surface area contributed by atoms with Crippen LogP contribution in [0.3, 0.4) is 0 Å². The second-order valence-electron chi connectivity index (χ2n) is 4.98. The van der Waals surface area contributed by atoms with Crippen LogP contribution in [0, 0.1) is 5.92 Å². The summed E-state index contributed by atoms with van der Waals surface area (Å²) < 4.78 is 5.32. The highest BCUT2D eigenvalue weighted by atomic mass is 16.5. The molecule has 1 aromatic carbocycles. The van der Waals surface area contributed by atoms with E-state index in [0.717, 1.165) is 24.3 Å². The van der Waals surface area contributed by atoms with E-state index in [1.165, 1.54) is 12.8 Å². The number of para-hydroxylation sites is 2. The Morgan fingerprint density at radius 1 is 1.33 bits per heavy atom. The third kappa shape index (κ3) is 2.84. The SMILES string of the molecule is COc1ccccc1N(C)CC(=O)C1CCCC1. The van der Waals surface area contributed by atoms with Crippen LogP contribution in [-0.2, 0) is 4.79 Å². The molecule has 0 spiro atoms. The second kappa shape index (κ2) is 5.89. The Labute approximate surface area is 109 Å². The third-order valence-electron chi connectivity index (χ3n) is 3.70. The number of carbonyl (C=O) groups is 1. The Bertz CT molecular complexity index is 411. The summed E-state index contributed by atoms with van der Waals surface area (Å²) in [5, 5.41) is 0. The van der Waals surface area contributed by atoms with Gasteiger partial charge in [-0.15, -0.1) is 0 Å². The molecule has 0 aromatic heterocycles. The molecule has 98 valence electrons. The van der Waals surface area contributed by atoms with Crippen LogP contribution < -0.4 is 9.64 Å². The number of likely N-dealkylation sites (N-methyl/N-ethyl adjacent to an activating group) is 1. The number of hydrogen-bond acceptors (Lipinski definition) is 3. The van der Waals surface area contributed by atoms with Crippen LogP contribution >= 0.6 is 0 Å². The Balaban J connectivity index is 2.02. The Morgan fingerprint density at radius 2 is 2.00 bits per heavy atom. The van der Waals surface area contributed by atoms with E-state index in [1.54, 1.807) is 7.11 Å². The molecule has 18 heavy (non-hydrogen) atoms. The number of methoxy groups -OCH3 is 1. The van der Waals surface area contributed by atoms with Crippen LogP contribution in [0.15, 0.2) is 24.3 Å². The molecule has 0 unspecified atom stereocenters. The number of carbonyl (C=O) groups excluding carboxylic acids is 1. The fourth-order valence-corrected chi connectivity index (χ4v) is 2.64. The van der Waals surface area contributed by atoms with Crippen LogP contribution in [0.1, 0.15) is 25.7 Å². The summed E-state index contributed by atoms with van der Waals surface area (Å²) >= 11 is 0. The van der Waals surface area contributed by atoms with Gasteiger partial charge in [0.05, 0.1) is 19.3 Å². The lowest BCUT2D eigenvalue weighted by molar-refractivity contribution is -0.121. The fourth-order valence-electron chi connectivity index (χ4n) is 2.64. The Hall–Kier alpha value is -1.51. The van der Waals surface area contributed by atoms with Gasteiger partial charge in [0.1, 0.15) is 5.75 Å². The molecule has 0 amide bonds. The number of Topliss-reactive ketones (excluding diaryl/α,β-unsaturated/α-hetero) is 1. The first-order valence-corrected chi connectivity index (χ1v) is 6.59. The molecule has 1 fully saturated rings. The standard InChI is InChI=1S/C15H21NO2/c1-16(11-14(17)12-7-3-4-8-12)13-9-5-6-10-15(13)18-2/h5-6,9-10,12H,3-4,7-8,11H2,1-2H3. The summed E-state index contributed by atoms with van der Waals surface area (Å²) in [6.45, 7) is 0.477. The first-order chi connectivity index (χ1) is 8.72. The van der Waals surface area contributed by atoms with E-state index in [4.69, 9.17) is 4.74 Å². The molecule has 0 aliphatic heterocycles. The van der Waals surface area contributed by atoms with Crippen LogP contribution in [0.2, 0.25) is 0 Å². The van der Waals surface area contributed by atoms with Crippen molar-refractivity contribution in [2.45, 2.75) is 25.7 Å². The lowest BCUT2D eigenvalue weighted by Gasteiger charge is -2.22. The maximum absolute atomic E-state index is 12.1. The third-order valence-corrected chi connectivity index (χ3v) is 3.70. The van der Waals surface area contributed by atoms with Crippen molar-refractivity contribution in [2.24, 2.45) is 5.92 Å². The van der Waals surface area contributed by atoms with E-state index in [0.29, 0.717) is 12.3 Å². The predicted octanol–water partition coefficient (Wildman–Crippen LogP) is 2.89. The summed E-state index contributed by atoms with van der Waals surface area (Å²) in [5.41, 5.74) is 0.978. The molecule has 1 saturated carbocycles. The molecule has 1 aliphatic carbocycles. The highest BCUT2D eigenvalue weighted by molar-refractivity contribution is 5.86. The highest BCUT2D eigenvalue weighted by Crippen LogP contribution is 2.29. The topological polar surface area (TPSA) is 29.5 Å². The monoisotopic (exact) mass is 247 g/mol. The van der Waals surface area contributed by atoms with Gasteiger partial charge in [0.2, 0.25) is 0 Å². The summed E-state index contributed by atoms with van der Waals surface area (Å²) in [7, 11) is 3.61. The molecule has 1 aliphatic rings. The van der Waals surface area contributed by atoms with Crippen molar-refractivity contribution in [2.75, 3.05) is 25.6 Å². The molecular weight excluding hydrogens is 226 g/mol. The van der Waals surface area contributed by atoms with E-state index in [-0.39, 0.29) is 5.92 Å². The van der Waals surface area contributed by atoms with Gasteiger partial charge in [-0.1, -0.05) is 25.0 Å². The molecule has 3 nitrogen and oxygen atoms in total. The van der Waals surface area contributed by atoms with Gasteiger partial charge in [-0.05, 0) is 25.0 Å². The summed E-state index contributed by atoms with van der Waals surface area (Å²) in [6.07, 6.45) is 4.54. The quantitative estimate of drug-likeness (QED) is 0.801. The van der Waals surface area contributed by atoms with Gasteiger partial charge in [-0.3, -0.25) is 4.79 Å². The van der Waals surface area contributed by atoms with Crippen molar-refractivity contribution in [1.29, 1.82) is 0 Å². The number of ketones is 1. The molecule has 0 saturated heterocycles. The van der Waals surface area contributed by atoms with Crippen LogP contribution in [0.25, 0.3) is 0 Å². The molecular formula is C15H21NO2. The predicted molar refractivity (Wildman–Crippen MR) is 73.2 cm³/mol. The lowest BCUT2D eigenvalue weighted by atomic mass is 10.0. The minimum absolute atomic E-state index is 0.280. The van der Waals surface area contributed by atoms with E-state index < -0.39 is 0 Å². The number of benzene rings is 1. The normalized spacial score (nSPS) is 15.7. The average molecular weight is 247 g/mol. The molecule has 2 rings (SSSR count). The number of nitrogens with zero attached hydrogens (tertiary/aromatic N) is 1. The van der Waals surface area contributed by atoms with Crippen molar-refractivity contribution in [3.05, 3.63) is 24.3 Å². The van der Waals surface area contributed by atoms with Crippen molar-refractivity contribution in [3.63, 3.8) is 0 Å². The molecule has 0 N–H and O–H groups in total. The van der Waals surface area contributed by atoms with Gasteiger partial charge in [0.15, 0.2) is 5.78 Å². The summed E-state index contributed by atoms with van der Waals surface area (Å²) in [4.78, 5) is 14.1. The molecule has 3 heteroatoms. The van der Waals surface area contributed by atoms with Crippen LogP contribution in [0.5, 0.6) is 5.75 Å². The molecule has 0 atom stereocenters. The van der Waals surface area contributed by atoms with E-state index in [9.17, 15) is 4.79 Å². The molecule has 0 bridgehead atoms. The summed E-state index contributed by atoms with van der Waals surface area (Å²) in [5.74, 6) is 1.46. The van der Waals surface area contributed by atoms with E-state index in [2.05, 4.69) is 0 Å². The highest BCUT2D eigenvalue weighted by Gasteiger charge is 2.23. The number of anilines is 1. The second-order valence-corrected chi connectivity index (χ2v) is 4.98. The minimum atomic E-state index is 0.280. The van der Waals surface area contributed by atoms with Gasteiger partial charge in [0, 0.05) is 13.0 Å².